The van der Waals surface area contributed by atoms with Gasteiger partial charge in [-0.3, -0.25) is 9.97 Å². The van der Waals surface area contributed by atoms with Crippen LogP contribution in [-0.2, 0) is 20.1 Å². The van der Waals surface area contributed by atoms with Crippen LogP contribution in [0.2, 0.25) is 36.3 Å². The van der Waals surface area contributed by atoms with E-state index in [2.05, 4.69) is 140 Å². The van der Waals surface area contributed by atoms with Crippen molar-refractivity contribution in [1.29, 1.82) is 0 Å². The smallest absolute Gasteiger partial charge is 0.0602 e. The van der Waals surface area contributed by atoms with E-state index in [1.54, 1.807) is 5.56 Å². The number of hydrogen-bond donors (Lipinski definition) is 0. The summed E-state index contributed by atoms with van der Waals surface area (Å²) in [6.07, 6.45) is 7.74. The summed E-state index contributed by atoms with van der Waals surface area (Å²) in [6.45, 7) is 17.0. The first-order valence-electron chi connectivity index (χ1n) is 18.6. The molecular weight excluding hydrogens is 833 g/mol. The second-order valence-electron chi connectivity index (χ2n) is 13.5. The van der Waals surface area contributed by atoms with Crippen molar-refractivity contribution in [2.45, 2.75) is 89.9 Å². The third-order valence-corrected chi connectivity index (χ3v) is 26.7. The number of aromatic nitrogens is 4. The molecule has 0 fully saturated rings. The first-order chi connectivity index (χ1) is 24.4. The number of nitrogens with zero attached hydrogens (tertiary/aromatic N) is 4. The van der Waals surface area contributed by atoms with E-state index in [0.717, 1.165) is 33.6 Å². The maximum absolute atomic E-state index is 4.62. The molecule has 0 amide bonds. The van der Waals surface area contributed by atoms with Crippen molar-refractivity contribution in [3.63, 3.8) is 0 Å². The zero-order valence-corrected chi connectivity index (χ0v) is 35.9. The Labute approximate surface area is 322 Å². The molecule has 0 unspecified atom stereocenters. The SMILES string of the molecule is CC[Si](CC)(CC)C(c1ccc(-n2ccnc2-c2[c-]cccc2)cc1)[Si](CC)(CC)CC.Cc1ccc(-n2ccnc2-c2[c-]cccc2)cc1.[Ir]. The van der Waals surface area contributed by atoms with Gasteiger partial charge in [-0.25, -0.2) is 0 Å². The fraction of sp³-hybridized carbons (Fsp3) is 0.318. The zero-order valence-electron chi connectivity index (χ0n) is 31.5. The number of benzene rings is 4. The second-order valence-corrected chi connectivity index (χ2v) is 24.9. The van der Waals surface area contributed by atoms with E-state index in [-0.39, 0.29) is 20.1 Å². The van der Waals surface area contributed by atoms with Crippen LogP contribution < -0.4 is 0 Å². The van der Waals surface area contributed by atoms with Gasteiger partial charge in [0.1, 0.15) is 0 Å². The topological polar surface area (TPSA) is 35.6 Å². The van der Waals surface area contributed by atoms with Crippen LogP contribution in [0.4, 0.5) is 0 Å². The zero-order chi connectivity index (χ0) is 35.6. The largest absolute Gasteiger partial charge is 0.340 e. The molecule has 0 aliphatic rings. The number of aryl methyl sites for hydroxylation is 1. The Balaban J connectivity index is 0.000000259. The van der Waals surface area contributed by atoms with E-state index >= 15 is 0 Å². The first-order valence-corrected chi connectivity index (χ1v) is 24.0. The van der Waals surface area contributed by atoms with Gasteiger partial charge in [0.2, 0.25) is 0 Å². The molecule has 0 saturated carbocycles. The fourth-order valence-corrected chi connectivity index (χ4v) is 24.2. The molecule has 0 atom stereocenters. The average molecular weight is 887 g/mol. The molecule has 0 aliphatic carbocycles. The molecular formula is C44H54IrN4Si2-2. The van der Waals surface area contributed by atoms with Crippen LogP contribution in [0.1, 0.15) is 57.8 Å². The second kappa shape index (κ2) is 18.7. The van der Waals surface area contributed by atoms with Crippen molar-refractivity contribution in [3.05, 3.63) is 145 Å². The summed E-state index contributed by atoms with van der Waals surface area (Å²) < 4.78 is 4.27. The van der Waals surface area contributed by atoms with Crippen LogP contribution >= 0.6 is 0 Å². The maximum atomic E-state index is 4.62. The summed E-state index contributed by atoms with van der Waals surface area (Å²) >= 11 is 0. The van der Waals surface area contributed by atoms with Crippen molar-refractivity contribution < 1.29 is 20.1 Å². The molecule has 6 aromatic rings. The van der Waals surface area contributed by atoms with Gasteiger partial charge < -0.3 is 9.13 Å². The minimum atomic E-state index is -1.40. The molecule has 4 aromatic carbocycles. The van der Waals surface area contributed by atoms with E-state index in [4.69, 9.17) is 0 Å². The van der Waals surface area contributed by atoms with Crippen molar-refractivity contribution >= 4 is 16.1 Å². The summed E-state index contributed by atoms with van der Waals surface area (Å²) in [5.41, 5.74) is 7.21. The Hall–Kier alpha value is -3.62. The van der Waals surface area contributed by atoms with Crippen LogP contribution in [-0.4, -0.2) is 35.2 Å². The summed E-state index contributed by atoms with van der Waals surface area (Å²) in [7, 11) is -2.79. The van der Waals surface area contributed by atoms with Crippen LogP contribution in [0.15, 0.2) is 122 Å². The van der Waals surface area contributed by atoms with Gasteiger partial charge in [-0.05, 0) is 36.4 Å². The molecule has 0 spiro atoms. The van der Waals surface area contributed by atoms with Crippen molar-refractivity contribution in [3.8, 4) is 34.2 Å². The van der Waals surface area contributed by atoms with E-state index in [9.17, 15) is 0 Å². The van der Waals surface area contributed by atoms with Gasteiger partial charge in [0, 0.05) is 56.3 Å². The van der Waals surface area contributed by atoms with E-state index < -0.39 is 16.1 Å². The van der Waals surface area contributed by atoms with Crippen LogP contribution in [0.25, 0.3) is 34.2 Å². The molecule has 0 bridgehead atoms. The Morgan fingerprint density at radius 1 is 0.549 bits per heavy atom. The third-order valence-electron chi connectivity index (χ3n) is 11.4. The summed E-state index contributed by atoms with van der Waals surface area (Å²) in [4.78, 5) is 9.04. The van der Waals surface area contributed by atoms with Gasteiger partial charge >= 0.3 is 0 Å². The summed E-state index contributed by atoms with van der Waals surface area (Å²) in [5.74, 6) is 1.87. The Morgan fingerprint density at radius 2 is 0.941 bits per heavy atom. The van der Waals surface area contributed by atoms with Gasteiger partial charge in [0.25, 0.3) is 0 Å². The van der Waals surface area contributed by atoms with Crippen LogP contribution in [0, 0.1) is 19.1 Å². The summed E-state index contributed by atoms with van der Waals surface area (Å²) in [6, 6.07) is 48.9. The van der Waals surface area contributed by atoms with Crippen molar-refractivity contribution in [2.75, 3.05) is 0 Å². The molecule has 6 rings (SSSR count). The molecule has 0 N–H and O–H groups in total. The molecule has 0 saturated heterocycles. The van der Waals surface area contributed by atoms with Gasteiger partial charge in [0.15, 0.2) is 0 Å². The van der Waals surface area contributed by atoms with Crippen LogP contribution in [0.3, 0.4) is 0 Å². The minimum Gasteiger partial charge on any atom is -0.340 e. The van der Waals surface area contributed by atoms with Crippen LogP contribution in [0.5, 0.6) is 0 Å². The molecule has 2 heterocycles. The third kappa shape index (κ3) is 8.72. The average Bonchev–Trinajstić information content (AvgIpc) is 3.88. The molecule has 269 valence electrons. The van der Waals surface area contributed by atoms with Gasteiger partial charge in [-0.15, -0.1) is 71.8 Å². The first kappa shape index (κ1) is 40.2. The predicted octanol–water partition coefficient (Wildman–Crippen LogP) is 12.2. The number of imidazole rings is 2. The Kier molecular flexibility index (Phi) is 14.8. The molecule has 1 radical (unpaired) electrons. The Bertz CT molecular complexity index is 1840. The minimum absolute atomic E-state index is 0. The predicted molar refractivity (Wildman–Crippen MR) is 218 cm³/mol. The van der Waals surface area contributed by atoms with E-state index in [1.807, 2.05) is 61.1 Å². The van der Waals surface area contributed by atoms with Gasteiger partial charge in [0.05, 0.1) is 27.8 Å². The normalized spacial score (nSPS) is 11.5. The van der Waals surface area contributed by atoms with E-state index in [1.165, 1.54) is 47.5 Å². The maximum Gasteiger partial charge on any atom is 0.0602 e. The molecule has 4 nitrogen and oxygen atoms in total. The van der Waals surface area contributed by atoms with Gasteiger partial charge in [-0.2, -0.15) is 0 Å². The molecule has 7 heteroatoms. The number of hydrogen-bond acceptors (Lipinski definition) is 2. The standard InChI is InChI=1S/C28H41N2Si2.C16H13N2.Ir/c1-7-31(8-2,9-3)28(32(10-4,11-5)12-6)25-18-20-26(21-19-25)30-23-22-29-27(30)24-16-14-13-15-17-24;1-13-7-9-15(10-8-13)18-12-11-17-16(18)14-5-3-2-4-6-14;/h13-16,18-23,28H,7-12H2,1-6H3;2-5,7-12H,1H3;/q2*-1;. The van der Waals surface area contributed by atoms with Crippen molar-refractivity contribution in [2.24, 2.45) is 0 Å². The summed E-state index contributed by atoms with van der Waals surface area (Å²) in [5, 5.41) is 0.841. The number of rotatable bonds is 13. The molecule has 2 aromatic heterocycles. The van der Waals surface area contributed by atoms with Gasteiger partial charge in [-0.1, -0.05) is 113 Å². The molecule has 0 aliphatic heterocycles. The van der Waals surface area contributed by atoms with E-state index in [0.29, 0.717) is 0 Å². The fourth-order valence-electron chi connectivity index (χ4n) is 8.10. The Morgan fingerprint density at radius 3 is 1.29 bits per heavy atom. The quantitative estimate of drug-likeness (QED) is 0.0856. The van der Waals surface area contributed by atoms with Crippen molar-refractivity contribution in [1.82, 2.24) is 19.1 Å². The monoisotopic (exact) mass is 887 g/mol. The molecule has 51 heavy (non-hydrogen) atoms.